The molecule has 0 heterocycles. The van der Waals surface area contributed by atoms with Crippen LogP contribution in [0.2, 0.25) is 0 Å². The Hall–Kier alpha value is -1.42. The van der Waals surface area contributed by atoms with Crippen molar-refractivity contribution in [1.29, 1.82) is 0 Å². The zero-order chi connectivity index (χ0) is 15.0. The summed E-state index contributed by atoms with van der Waals surface area (Å²) in [6.07, 6.45) is 4.31. The average molecular weight is 281 g/mol. The van der Waals surface area contributed by atoms with E-state index in [1.807, 2.05) is 6.07 Å². The van der Waals surface area contributed by atoms with E-state index in [1.165, 1.54) is 6.07 Å². The van der Waals surface area contributed by atoms with Crippen molar-refractivity contribution in [3.63, 3.8) is 0 Å². The number of rotatable bonds is 9. The number of benzene rings is 1. The number of hydrogen-bond acceptors (Lipinski definition) is 2. The molecule has 20 heavy (non-hydrogen) atoms. The van der Waals surface area contributed by atoms with Gasteiger partial charge in [0.15, 0.2) is 0 Å². The minimum Gasteiger partial charge on any atom is -0.481 e. The Labute approximate surface area is 120 Å². The lowest BCUT2D eigenvalue weighted by Crippen LogP contribution is -2.25. The Morgan fingerprint density at radius 3 is 2.75 bits per heavy atom. The average Bonchev–Trinajstić information content (AvgIpc) is 2.42. The van der Waals surface area contributed by atoms with E-state index in [0.717, 1.165) is 31.2 Å². The Morgan fingerprint density at radius 2 is 2.20 bits per heavy atom. The van der Waals surface area contributed by atoms with Crippen LogP contribution in [0, 0.1) is 17.7 Å². The molecule has 4 heteroatoms. The lowest BCUT2D eigenvalue weighted by Gasteiger charge is -2.18. The lowest BCUT2D eigenvalue weighted by atomic mass is 9.88. The molecule has 3 nitrogen and oxygen atoms in total. The zero-order valence-corrected chi connectivity index (χ0v) is 12.0. The fraction of sp³-hybridized carbons (Fsp3) is 0.562. The first kappa shape index (κ1) is 16.6. The second-order valence-electron chi connectivity index (χ2n) is 5.30. The summed E-state index contributed by atoms with van der Waals surface area (Å²) in [6, 6.07) is 6.64. The first-order valence-electron chi connectivity index (χ1n) is 7.24. The van der Waals surface area contributed by atoms with Crippen molar-refractivity contribution in [3.8, 4) is 0 Å². The van der Waals surface area contributed by atoms with E-state index >= 15 is 0 Å². The van der Waals surface area contributed by atoms with Crippen LogP contribution in [0.15, 0.2) is 24.3 Å². The molecule has 0 aromatic heterocycles. The van der Waals surface area contributed by atoms with Crippen molar-refractivity contribution < 1.29 is 14.3 Å². The van der Waals surface area contributed by atoms with E-state index in [1.54, 1.807) is 12.1 Å². The molecule has 0 aliphatic heterocycles. The van der Waals surface area contributed by atoms with Gasteiger partial charge in [0.05, 0.1) is 5.92 Å². The molecular weight excluding hydrogens is 257 g/mol. The van der Waals surface area contributed by atoms with Gasteiger partial charge in [0.2, 0.25) is 0 Å². The van der Waals surface area contributed by atoms with E-state index in [2.05, 4.69) is 6.92 Å². The normalized spacial score (nSPS) is 13.9. The minimum absolute atomic E-state index is 0.190. The van der Waals surface area contributed by atoms with E-state index in [-0.39, 0.29) is 12.4 Å². The van der Waals surface area contributed by atoms with Gasteiger partial charge in [-0.05, 0) is 42.9 Å². The third kappa shape index (κ3) is 5.70. The number of nitrogens with two attached hydrogens (primary N) is 1. The molecule has 0 saturated heterocycles. The third-order valence-corrected chi connectivity index (χ3v) is 3.80. The molecule has 0 bridgehead atoms. The van der Waals surface area contributed by atoms with Crippen LogP contribution in [0.4, 0.5) is 4.39 Å². The van der Waals surface area contributed by atoms with Crippen molar-refractivity contribution >= 4 is 5.97 Å². The Kier molecular flexibility index (Phi) is 7.23. The second-order valence-corrected chi connectivity index (χ2v) is 5.30. The van der Waals surface area contributed by atoms with Gasteiger partial charge < -0.3 is 10.8 Å². The van der Waals surface area contributed by atoms with Crippen LogP contribution in [0.1, 0.15) is 38.2 Å². The molecule has 0 spiro atoms. The Morgan fingerprint density at radius 1 is 1.45 bits per heavy atom. The minimum atomic E-state index is -0.809. The summed E-state index contributed by atoms with van der Waals surface area (Å²) >= 11 is 0. The summed E-state index contributed by atoms with van der Waals surface area (Å²) in [5, 5.41) is 9.03. The number of aryl methyl sites for hydroxylation is 1. The molecule has 2 unspecified atom stereocenters. The summed E-state index contributed by atoms with van der Waals surface area (Å²) in [5.74, 6) is -1.10. The highest BCUT2D eigenvalue weighted by atomic mass is 19.1. The third-order valence-electron chi connectivity index (χ3n) is 3.80. The maximum atomic E-state index is 13.0. The highest BCUT2D eigenvalue weighted by Gasteiger charge is 2.20. The van der Waals surface area contributed by atoms with Gasteiger partial charge in [-0.25, -0.2) is 4.39 Å². The van der Waals surface area contributed by atoms with Gasteiger partial charge in [0.25, 0.3) is 0 Å². The maximum Gasteiger partial charge on any atom is 0.307 e. The highest BCUT2D eigenvalue weighted by molar-refractivity contribution is 5.70. The SMILES string of the molecule is CCC(CCCc1cccc(F)c1)CC(CN)C(=O)O. The van der Waals surface area contributed by atoms with Crippen LogP contribution in [-0.4, -0.2) is 17.6 Å². The fourth-order valence-electron chi connectivity index (χ4n) is 2.48. The van der Waals surface area contributed by atoms with Crippen molar-refractivity contribution in [3.05, 3.63) is 35.6 Å². The Balaban J connectivity index is 2.39. The summed E-state index contributed by atoms with van der Waals surface area (Å²) in [7, 11) is 0. The van der Waals surface area contributed by atoms with Gasteiger partial charge in [0.1, 0.15) is 5.82 Å². The molecule has 0 amide bonds. The van der Waals surface area contributed by atoms with E-state index in [4.69, 9.17) is 10.8 Å². The van der Waals surface area contributed by atoms with Crippen molar-refractivity contribution in [1.82, 2.24) is 0 Å². The van der Waals surface area contributed by atoms with Gasteiger partial charge >= 0.3 is 5.97 Å². The number of hydrogen-bond donors (Lipinski definition) is 2. The largest absolute Gasteiger partial charge is 0.481 e. The van der Waals surface area contributed by atoms with Crippen molar-refractivity contribution in [2.45, 2.75) is 39.0 Å². The monoisotopic (exact) mass is 281 g/mol. The van der Waals surface area contributed by atoms with Crippen LogP contribution in [0.3, 0.4) is 0 Å². The molecule has 0 radical (unpaired) electrons. The molecule has 112 valence electrons. The van der Waals surface area contributed by atoms with Crippen LogP contribution >= 0.6 is 0 Å². The molecule has 1 rings (SSSR count). The molecule has 0 fully saturated rings. The zero-order valence-electron chi connectivity index (χ0n) is 12.0. The van der Waals surface area contributed by atoms with Gasteiger partial charge in [-0.2, -0.15) is 0 Å². The molecule has 1 aromatic carbocycles. The molecule has 1 aromatic rings. The summed E-state index contributed by atoms with van der Waals surface area (Å²) in [5.41, 5.74) is 6.48. The number of carboxylic acids is 1. The quantitative estimate of drug-likeness (QED) is 0.730. The molecule has 3 N–H and O–H groups in total. The molecule has 0 saturated carbocycles. The van der Waals surface area contributed by atoms with Gasteiger partial charge in [-0.3, -0.25) is 4.79 Å². The van der Waals surface area contributed by atoms with Crippen LogP contribution in [0.25, 0.3) is 0 Å². The highest BCUT2D eigenvalue weighted by Crippen LogP contribution is 2.22. The van der Waals surface area contributed by atoms with E-state index < -0.39 is 11.9 Å². The standard InChI is InChI=1S/C16H24FNO2/c1-2-12(9-14(11-18)16(19)20)5-3-6-13-7-4-8-15(17)10-13/h4,7-8,10,12,14H,2-3,5-6,9,11,18H2,1H3,(H,19,20). The van der Waals surface area contributed by atoms with Crippen molar-refractivity contribution in [2.75, 3.05) is 6.54 Å². The lowest BCUT2D eigenvalue weighted by molar-refractivity contribution is -0.142. The number of carbonyl (C=O) groups is 1. The number of carboxylic acid groups (broad SMARTS) is 1. The first-order valence-corrected chi connectivity index (χ1v) is 7.24. The smallest absolute Gasteiger partial charge is 0.307 e. The summed E-state index contributed by atoms with van der Waals surface area (Å²) in [6.45, 7) is 2.26. The van der Waals surface area contributed by atoms with Crippen LogP contribution in [0.5, 0.6) is 0 Å². The second kappa shape index (κ2) is 8.69. The van der Waals surface area contributed by atoms with Gasteiger partial charge in [0, 0.05) is 6.54 Å². The topological polar surface area (TPSA) is 63.3 Å². The summed E-state index contributed by atoms with van der Waals surface area (Å²) < 4.78 is 13.0. The maximum absolute atomic E-state index is 13.0. The number of aliphatic carboxylic acids is 1. The van der Waals surface area contributed by atoms with E-state index in [0.29, 0.717) is 12.3 Å². The fourth-order valence-corrected chi connectivity index (χ4v) is 2.48. The predicted octanol–water partition coefficient (Wildman–Crippen LogP) is 3.22. The van der Waals surface area contributed by atoms with E-state index in [9.17, 15) is 9.18 Å². The summed E-state index contributed by atoms with van der Waals surface area (Å²) in [4.78, 5) is 11.0. The van der Waals surface area contributed by atoms with Gasteiger partial charge in [-0.15, -0.1) is 0 Å². The first-order chi connectivity index (χ1) is 9.56. The molecule has 2 atom stereocenters. The molecular formula is C16H24FNO2. The van der Waals surface area contributed by atoms with Crippen LogP contribution in [-0.2, 0) is 11.2 Å². The van der Waals surface area contributed by atoms with Crippen LogP contribution < -0.4 is 5.73 Å². The van der Waals surface area contributed by atoms with Crippen molar-refractivity contribution in [2.24, 2.45) is 17.6 Å². The Bertz CT molecular complexity index is 423. The molecule has 0 aliphatic carbocycles. The predicted molar refractivity (Wildman–Crippen MR) is 77.9 cm³/mol. The number of halogens is 1. The molecule has 0 aliphatic rings. The van der Waals surface area contributed by atoms with Gasteiger partial charge in [-0.1, -0.05) is 31.9 Å².